The van der Waals surface area contributed by atoms with E-state index in [4.69, 9.17) is 0 Å². The van der Waals surface area contributed by atoms with Crippen LogP contribution in [0.4, 0.5) is 5.69 Å². The monoisotopic (exact) mass is 561 g/mol. The third-order valence-corrected chi connectivity index (χ3v) is 7.71. The molecule has 0 bridgehead atoms. The van der Waals surface area contributed by atoms with Gasteiger partial charge in [0.25, 0.3) is 5.91 Å². The Kier molecular flexibility index (Phi) is 11.2. The molecule has 9 nitrogen and oxygen atoms in total. The maximum absolute atomic E-state index is 12.3. The van der Waals surface area contributed by atoms with Crippen LogP contribution in [0.2, 0.25) is 0 Å². The molecule has 1 saturated carbocycles. The molecule has 2 fully saturated rings. The van der Waals surface area contributed by atoms with Crippen molar-refractivity contribution in [3.05, 3.63) is 65.4 Å². The molecule has 1 aliphatic heterocycles. The van der Waals surface area contributed by atoms with Gasteiger partial charge in [-0.1, -0.05) is 49.5 Å². The second-order valence-corrected chi connectivity index (χ2v) is 11.2. The van der Waals surface area contributed by atoms with Gasteiger partial charge in [0.05, 0.1) is 12.1 Å². The van der Waals surface area contributed by atoms with Gasteiger partial charge in [-0.05, 0) is 93.9 Å². The molecule has 2 amide bonds. The summed E-state index contributed by atoms with van der Waals surface area (Å²) in [6.07, 6.45) is 14.0. The van der Waals surface area contributed by atoms with Crippen LogP contribution in [-0.4, -0.2) is 60.0 Å². The van der Waals surface area contributed by atoms with E-state index in [1.165, 1.54) is 12.8 Å². The molecule has 3 aliphatic rings. The first-order valence-electron chi connectivity index (χ1n) is 14.7. The number of allylic oxidation sites excluding steroid dienone is 4. The van der Waals surface area contributed by atoms with Crippen LogP contribution in [-0.2, 0) is 9.59 Å². The molecule has 0 spiro atoms. The number of amides is 2. The summed E-state index contributed by atoms with van der Waals surface area (Å²) in [7, 11) is 0. The summed E-state index contributed by atoms with van der Waals surface area (Å²) in [5.74, 6) is 6.44. The second kappa shape index (κ2) is 15.0. The molecule has 0 aromatic heterocycles. The van der Waals surface area contributed by atoms with E-state index in [-0.39, 0.29) is 11.8 Å². The molecular formula is C32H43N5O4. The molecule has 1 aromatic carbocycles. The smallest absolute Gasteiger partial charge is 0.268 e. The number of piperidine rings is 1. The molecule has 7 N–H and O–H groups in total. The fourth-order valence-corrected chi connectivity index (χ4v) is 5.06. The molecule has 1 heterocycles. The summed E-state index contributed by atoms with van der Waals surface area (Å²) in [5.41, 5.74) is 3.84. The van der Waals surface area contributed by atoms with Gasteiger partial charge in [-0.25, -0.2) is 5.48 Å². The van der Waals surface area contributed by atoms with Crippen LogP contribution in [0.5, 0.6) is 0 Å². The van der Waals surface area contributed by atoms with Crippen LogP contribution < -0.4 is 26.7 Å². The molecule has 2 unspecified atom stereocenters. The highest BCUT2D eigenvalue weighted by Gasteiger charge is 2.51. The van der Waals surface area contributed by atoms with Gasteiger partial charge in [-0.3, -0.25) is 14.8 Å². The lowest BCUT2D eigenvalue weighted by atomic mass is 9.94. The molecule has 0 radical (unpaired) electrons. The topological polar surface area (TPSA) is 135 Å². The summed E-state index contributed by atoms with van der Waals surface area (Å²) in [4.78, 5) is 24.5. The number of hydroxylamine groups is 1. The average Bonchev–Trinajstić information content (AvgIpc) is 3.75. The number of anilines is 1. The first-order valence-corrected chi connectivity index (χ1v) is 14.7. The Hall–Kier alpha value is -3.42. The number of aliphatic hydroxyl groups is 1. The standard InChI is InChI=1S/C32H43N5O4/c1-2-3-6-28(36-30(31(39)37-41)32(40)17-18-32)26-13-9-23(10-14-26)7-8-24-11-15-27(16-12-24)35-29(38)22-34-21-25-5-4-19-33-20-25/h6,9,11-16,23,25,30,33-34,36,40-41H,2-5,10,17-22H2,1H3,(H,35,38)(H,37,39)/b28-6+/t23?,25?,30-/m1/s1. The minimum absolute atomic E-state index is 0.0418. The zero-order valence-electron chi connectivity index (χ0n) is 23.8. The fraction of sp³-hybridized carbons (Fsp3) is 0.500. The van der Waals surface area contributed by atoms with Crippen LogP contribution in [0.15, 0.2) is 59.8 Å². The van der Waals surface area contributed by atoms with Crippen molar-refractivity contribution in [1.29, 1.82) is 0 Å². The Bertz CT molecular complexity index is 1200. The molecule has 4 rings (SSSR count). The van der Waals surface area contributed by atoms with Crippen LogP contribution in [0.25, 0.3) is 0 Å². The Morgan fingerprint density at radius 2 is 2.05 bits per heavy atom. The summed E-state index contributed by atoms with van der Waals surface area (Å²) in [5, 5.41) is 32.5. The van der Waals surface area contributed by atoms with E-state index in [0.717, 1.165) is 55.0 Å². The van der Waals surface area contributed by atoms with Crippen LogP contribution in [0.3, 0.4) is 0 Å². The third kappa shape index (κ3) is 9.30. The number of hydrogen-bond acceptors (Lipinski definition) is 7. The predicted molar refractivity (Wildman–Crippen MR) is 160 cm³/mol. The number of nitrogens with one attached hydrogen (secondary N) is 5. The number of carbonyl (C=O) groups is 2. The largest absolute Gasteiger partial charge is 0.387 e. The lowest BCUT2D eigenvalue weighted by molar-refractivity contribution is -0.134. The van der Waals surface area contributed by atoms with Crippen molar-refractivity contribution < 1.29 is 19.9 Å². The first kappa shape index (κ1) is 30.5. The van der Waals surface area contributed by atoms with Gasteiger partial charge in [-0.15, -0.1) is 0 Å². The summed E-state index contributed by atoms with van der Waals surface area (Å²) in [6.45, 7) is 5.31. The molecule has 220 valence electrons. The van der Waals surface area contributed by atoms with E-state index in [1.807, 2.05) is 42.5 Å². The molecule has 41 heavy (non-hydrogen) atoms. The highest BCUT2D eigenvalue weighted by atomic mass is 16.5. The van der Waals surface area contributed by atoms with E-state index < -0.39 is 17.6 Å². The van der Waals surface area contributed by atoms with Crippen molar-refractivity contribution in [2.24, 2.45) is 11.8 Å². The maximum atomic E-state index is 12.3. The fourth-order valence-electron chi connectivity index (χ4n) is 5.06. The number of hydrogen-bond donors (Lipinski definition) is 7. The van der Waals surface area contributed by atoms with Gasteiger partial charge < -0.3 is 26.4 Å². The number of carbonyl (C=O) groups excluding carboxylic acids is 2. The van der Waals surface area contributed by atoms with Crippen molar-refractivity contribution in [1.82, 2.24) is 21.4 Å². The summed E-state index contributed by atoms with van der Waals surface area (Å²) >= 11 is 0. The van der Waals surface area contributed by atoms with Crippen molar-refractivity contribution in [2.45, 2.75) is 63.5 Å². The molecule has 1 saturated heterocycles. The van der Waals surface area contributed by atoms with E-state index in [0.29, 0.717) is 31.7 Å². The lowest BCUT2D eigenvalue weighted by Gasteiger charge is -2.26. The van der Waals surface area contributed by atoms with Gasteiger partial charge >= 0.3 is 0 Å². The molecule has 3 atom stereocenters. The van der Waals surface area contributed by atoms with Crippen molar-refractivity contribution in [2.75, 3.05) is 31.5 Å². The highest BCUT2D eigenvalue weighted by Crippen LogP contribution is 2.39. The van der Waals surface area contributed by atoms with Crippen molar-refractivity contribution >= 4 is 17.5 Å². The quantitative estimate of drug-likeness (QED) is 0.119. The van der Waals surface area contributed by atoms with Crippen LogP contribution >= 0.6 is 0 Å². The summed E-state index contributed by atoms with van der Waals surface area (Å²) < 4.78 is 0. The molecule has 9 heteroatoms. The maximum Gasteiger partial charge on any atom is 0.268 e. The number of unbranched alkanes of at least 4 members (excludes halogenated alkanes) is 1. The second-order valence-electron chi connectivity index (χ2n) is 11.2. The zero-order valence-corrected chi connectivity index (χ0v) is 23.8. The van der Waals surface area contributed by atoms with Crippen molar-refractivity contribution in [3.63, 3.8) is 0 Å². The Morgan fingerprint density at radius 3 is 2.68 bits per heavy atom. The van der Waals surface area contributed by atoms with Crippen LogP contribution in [0, 0.1) is 23.7 Å². The zero-order chi connectivity index (χ0) is 29.1. The van der Waals surface area contributed by atoms with E-state index >= 15 is 0 Å². The lowest BCUT2D eigenvalue weighted by Crippen LogP contribution is -2.51. The SMILES string of the molecule is CCC/C=C(/N[C@H](C(=O)NO)C1(O)CC1)C1=CCC(C#Cc2ccc(NC(=O)CNCC3CCCNC3)cc2)C=C1. The number of rotatable bonds is 12. The summed E-state index contributed by atoms with van der Waals surface area (Å²) in [6, 6.07) is 6.62. The third-order valence-electron chi connectivity index (χ3n) is 7.71. The van der Waals surface area contributed by atoms with E-state index in [9.17, 15) is 19.9 Å². The Morgan fingerprint density at radius 1 is 1.24 bits per heavy atom. The highest BCUT2D eigenvalue weighted by molar-refractivity contribution is 5.92. The van der Waals surface area contributed by atoms with E-state index in [1.54, 1.807) is 5.48 Å². The van der Waals surface area contributed by atoms with Gasteiger partial charge in [0, 0.05) is 22.9 Å². The predicted octanol–water partition coefficient (Wildman–Crippen LogP) is 2.74. The molecular weight excluding hydrogens is 518 g/mol. The van der Waals surface area contributed by atoms with Gasteiger partial charge in [0.2, 0.25) is 5.91 Å². The Labute approximate surface area is 242 Å². The first-order chi connectivity index (χ1) is 19.9. The van der Waals surface area contributed by atoms with E-state index in [2.05, 4.69) is 46.1 Å². The van der Waals surface area contributed by atoms with Gasteiger partial charge in [0.1, 0.15) is 6.04 Å². The minimum atomic E-state index is -1.15. The van der Waals surface area contributed by atoms with Gasteiger partial charge in [-0.2, -0.15) is 0 Å². The van der Waals surface area contributed by atoms with Gasteiger partial charge in [0.15, 0.2) is 0 Å². The van der Waals surface area contributed by atoms with Crippen molar-refractivity contribution in [3.8, 4) is 11.8 Å². The Balaban J connectivity index is 1.27. The van der Waals surface area contributed by atoms with Crippen LogP contribution in [0.1, 0.15) is 57.4 Å². The molecule has 2 aliphatic carbocycles. The molecule has 1 aromatic rings. The normalized spacial score (nSPS) is 22.0. The number of benzene rings is 1. The average molecular weight is 562 g/mol. The minimum Gasteiger partial charge on any atom is -0.387 e.